The Hall–Kier alpha value is -1.39. The molecule has 0 fully saturated rings. The van der Waals surface area contributed by atoms with Crippen LogP contribution in [-0.4, -0.2) is 9.55 Å². The first-order valence-corrected chi connectivity index (χ1v) is 7.84. The lowest BCUT2D eigenvalue weighted by Crippen LogP contribution is -2.02. The molecule has 2 aromatic carbocycles. The molecule has 0 N–H and O–H groups in total. The number of benzene rings is 2. The minimum atomic E-state index is -0.300. The summed E-state index contributed by atoms with van der Waals surface area (Å²) in [7, 11) is 0. The SMILES string of the molecule is Cc1ccc2nc(CCl)n(-c3cc(F)c(Br)cc3C)c2c1. The van der Waals surface area contributed by atoms with E-state index < -0.39 is 0 Å². The summed E-state index contributed by atoms with van der Waals surface area (Å²) in [6.07, 6.45) is 0. The second kappa shape index (κ2) is 5.43. The van der Waals surface area contributed by atoms with Crippen LogP contribution in [0.4, 0.5) is 4.39 Å². The van der Waals surface area contributed by atoms with Gasteiger partial charge >= 0.3 is 0 Å². The Morgan fingerprint density at radius 2 is 2.00 bits per heavy atom. The zero-order valence-corrected chi connectivity index (χ0v) is 14.0. The summed E-state index contributed by atoms with van der Waals surface area (Å²) in [6, 6.07) is 9.29. The van der Waals surface area contributed by atoms with Crippen molar-refractivity contribution in [1.29, 1.82) is 0 Å². The standard InChI is InChI=1S/C16H13BrClFN2/c1-9-3-4-13-15(5-9)21(16(8-18)20-13)14-7-12(19)11(17)6-10(14)2/h3-7H,8H2,1-2H3. The molecule has 1 aromatic heterocycles. The lowest BCUT2D eigenvalue weighted by molar-refractivity contribution is 0.619. The summed E-state index contributed by atoms with van der Waals surface area (Å²) in [5.74, 6) is 0.679. The fourth-order valence-electron chi connectivity index (χ4n) is 2.47. The molecule has 0 atom stereocenters. The van der Waals surface area contributed by atoms with E-state index >= 15 is 0 Å². The predicted octanol–water partition coefficient (Wildman–Crippen LogP) is 5.28. The fourth-order valence-corrected chi connectivity index (χ4v) is 3.11. The van der Waals surface area contributed by atoms with Crippen LogP contribution in [0.3, 0.4) is 0 Å². The van der Waals surface area contributed by atoms with E-state index in [4.69, 9.17) is 11.6 Å². The molecule has 0 spiro atoms. The van der Waals surface area contributed by atoms with Gasteiger partial charge in [-0.1, -0.05) is 6.07 Å². The van der Waals surface area contributed by atoms with Crippen molar-refractivity contribution in [2.75, 3.05) is 0 Å². The molecule has 0 radical (unpaired) electrons. The van der Waals surface area contributed by atoms with Crippen LogP contribution in [0.5, 0.6) is 0 Å². The molecule has 1 heterocycles. The number of aryl methyl sites for hydroxylation is 2. The van der Waals surface area contributed by atoms with Gasteiger partial charge in [-0.15, -0.1) is 11.6 Å². The maximum atomic E-state index is 14.0. The Labute approximate surface area is 135 Å². The Balaban J connectivity index is 2.38. The normalized spacial score (nSPS) is 11.3. The van der Waals surface area contributed by atoms with E-state index in [1.54, 1.807) is 6.07 Å². The molecule has 3 aromatic rings. The van der Waals surface area contributed by atoms with E-state index in [0.29, 0.717) is 10.3 Å². The quantitative estimate of drug-likeness (QED) is 0.563. The van der Waals surface area contributed by atoms with Crippen LogP contribution in [-0.2, 0) is 5.88 Å². The van der Waals surface area contributed by atoms with E-state index in [0.717, 1.165) is 27.8 Å². The average molecular weight is 368 g/mol. The number of hydrogen-bond acceptors (Lipinski definition) is 1. The number of nitrogens with zero attached hydrogens (tertiary/aromatic N) is 2. The summed E-state index contributed by atoms with van der Waals surface area (Å²) >= 11 is 9.24. The lowest BCUT2D eigenvalue weighted by Gasteiger charge is -2.12. The highest BCUT2D eigenvalue weighted by Gasteiger charge is 2.15. The average Bonchev–Trinajstić information content (AvgIpc) is 2.80. The largest absolute Gasteiger partial charge is 0.295 e. The van der Waals surface area contributed by atoms with Gasteiger partial charge in [-0.05, 0) is 65.2 Å². The van der Waals surface area contributed by atoms with Gasteiger partial charge < -0.3 is 0 Å². The second-order valence-electron chi connectivity index (χ2n) is 5.04. The van der Waals surface area contributed by atoms with Crippen molar-refractivity contribution in [2.24, 2.45) is 0 Å². The van der Waals surface area contributed by atoms with E-state index in [-0.39, 0.29) is 11.7 Å². The molecule has 0 aliphatic rings. The van der Waals surface area contributed by atoms with Gasteiger partial charge in [0.15, 0.2) is 0 Å². The van der Waals surface area contributed by atoms with Crippen LogP contribution in [0.15, 0.2) is 34.8 Å². The number of aromatic nitrogens is 2. The molecular weight excluding hydrogens is 355 g/mol. The zero-order valence-electron chi connectivity index (χ0n) is 11.6. The second-order valence-corrected chi connectivity index (χ2v) is 6.16. The van der Waals surface area contributed by atoms with Gasteiger partial charge in [-0.3, -0.25) is 4.57 Å². The number of halogens is 3. The Morgan fingerprint density at radius 3 is 2.71 bits per heavy atom. The number of fused-ring (bicyclic) bond motifs is 1. The van der Waals surface area contributed by atoms with Crippen molar-refractivity contribution >= 4 is 38.6 Å². The molecule has 2 nitrogen and oxygen atoms in total. The minimum absolute atomic E-state index is 0.269. The van der Waals surface area contributed by atoms with Crippen LogP contribution in [0.25, 0.3) is 16.7 Å². The van der Waals surface area contributed by atoms with Crippen LogP contribution >= 0.6 is 27.5 Å². The number of hydrogen-bond donors (Lipinski definition) is 0. The maximum Gasteiger partial charge on any atom is 0.139 e. The first-order valence-electron chi connectivity index (χ1n) is 6.51. The highest BCUT2D eigenvalue weighted by molar-refractivity contribution is 9.10. The molecule has 0 aliphatic carbocycles. The maximum absolute atomic E-state index is 14.0. The van der Waals surface area contributed by atoms with Gasteiger partial charge in [0, 0.05) is 0 Å². The van der Waals surface area contributed by atoms with Gasteiger partial charge in [0.2, 0.25) is 0 Å². The van der Waals surface area contributed by atoms with Gasteiger partial charge in [-0.2, -0.15) is 0 Å². The number of alkyl halides is 1. The molecule has 3 rings (SSSR count). The third-order valence-corrected chi connectivity index (χ3v) is 4.33. The minimum Gasteiger partial charge on any atom is -0.295 e. The molecule has 0 aliphatic heterocycles. The third kappa shape index (κ3) is 2.47. The first kappa shape index (κ1) is 14.5. The summed E-state index contributed by atoms with van der Waals surface area (Å²) < 4.78 is 16.3. The lowest BCUT2D eigenvalue weighted by atomic mass is 10.1. The monoisotopic (exact) mass is 366 g/mol. The van der Waals surface area contributed by atoms with Crippen molar-refractivity contribution in [3.63, 3.8) is 0 Å². The molecule has 21 heavy (non-hydrogen) atoms. The summed E-state index contributed by atoms with van der Waals surface area (Å²) in [6.45, 7) is 3.96. The molecule has 0 saturated heterocycles. The molecule has 0 saturated carbocycles. The molecule has 5 heteroatoms. The molecular formula is C16H13BrClFN2. The van der Waals surface area contributed by atoms with Crippen LogP contribution < -0.4 is 0 Å². The Morgan fingerprint density at radius 1 is 1.24 bits per heavy atom. The van der Waals surface area contributed by atoms with Crippen molar-refractivity contribution < 1.29 is 4.39 Å². The fraction of sp³-hybridized carbons (Fsp3) is 0.188. The topological polar surface area (TPSA) is 17.8 Å². The number of rotatable bonds is 2. The third-order valence-electron chi connectivity index (χ3n) is 3.48. The van der Waals surface area contributed by atoms with Gasteiger partial charge in [0.05, 0.1) is 27.1 Å². The van der Waals surface area contributed by atoms with Crippen molar-refractivity contribution in [3.8, 4) is 5.69 Å². The molecule has 108 valence electrons. The summed E-state index contributed by atoms with van der Waals surface area (Å²) in [5, 5.41) is 0. The highest BCUT2D eigenvalue weighted by Crippen LogP contribution is 2.28. The summed E-state index contributed by atoms with van der Waals surface area (Å²) in [5.41, 5.74) is 4.64. The summed E-state index contributed by atoms with van der Waals surface area (Å²) in [4.78, 5) is 4.54. The van der Waals surface area contributed by atoms with Crippen LogP contribution in [0, 0.1) is 19.7 Å². The highest BCUT2D eigenvalue weighted by atomic mass is 79.9. The zero-order chi connectivity index (χ0) is 15.1. The van der Waals surface area contributed by atoms with Crippen LogP contribution in [0.1, 0.15) is 17.0 Å². The van der Waals surface area contributed by atoms with E-state index in [9.17, 15) is 4.39 Å². The Kier molecular flexibility index (Phi) is 3.76. The van der Waals surface area contributed by atoms with Crippen LogP contribution in [0.2, 0.25) is 0 Å². The van der Waals surface area contributed by atoms with Gasteiger partial charge in [-0.25, -0.2) is 9.37 Å². The van der Waals surface area contributed by atoms with Gasteiger partial charge in [0.25, 0.3) is 0 Å². The Bertz CT molecular complexity index is 842. The van der Waals surface area contributed by atoms with E-state index in [2.05, 4.69) is 20.9 Å². The first-order chi connectivity index (χ1) is 10.0. The van der Waals surface area contributed by atoms with Crippen molar-refractivity contribution in [3.05, 3.63) is 57.6 Å². The van der Waals surface area contributed by atoms with Crippen molar-refractivity contribution in [1.82, 2.24) is 9.55 Å². The molecule has 0 unspecified atom stereocenters. The van der Waals surface area contributed by atoms with E-state index in [1.165, 1.54) is 6.07 Å². The molecule has 0 amide bonds. The predicted molar refractivity (Wildman–Crippen MR) is 87.8 cm³/mol. The smallest absolute Gasteiger partial charge is 0.139 e. The van der Waals surface area contributed by atoms with Gasteiger partial charge in [0.1, 0.15) is 11.6 Å². The molecule has 0 bridgehead atoms. The van der Waals surface area contributed by atoms with E-state index in [1.807, 2.05) is 36.6 Å². The number of imidazole rings is 1. The van der Waals surface area contributed by atoms with Crippen molar-refractivity contribution in [2.45, 2.75) is 19.7 Å².